The van der Waals surface area contributed by atoms with Crippen LogP contribution in [-0.2, 0) is 7.05 Å². The molecule has 0 aliphatic carbocycles. The van der Waals surface area contributed by atoms with Crippen LogP contribution in [0.3, 0.4) is 0 Å². The van der Waals surface area contributed by atoms with E-state index in [1.807, 2.05) is 73.9 Å². The summed E-state index contributed by atoms with van der Waals surface area (Å²) in [6.45, 7) is 0.420. The topological polar surface area (TPSA) is 74.5 Å². The van der Waals surface area contributed by atoms with Crippen LogP contribution in [0, 0.1) is 11.8 Å². The molecule has 2 aromatic heterocycles. The molecule has 3 aromatic carbocycles. The van der Waals surface area contributed by atoms with Crippen molar-refractivity contribution < 1.29 is 14.2 Å². The Kier molecular flexibility index (Phi) is 7.09. The van der Waals surface area contributed by atoms with Crippen molar-refractivity contribution in [3.63, 3.8) is 0 Å². The highest BCUT2D eigenvalue weighted by Crippen LogP contribution is 2.34. The second-order valence-electron chi connectivity index (χ2n) is 8.52. The van der Waals surface area contributed by atoms with Gasteiger partial charge in [0, 0.05) is 53.9 Å². The Morgan fingerprint density at radius 1 is 0.789 bits per heavy atom. The minimum atomic E-state index is 0.420. The first-order valence-corrected chi connectivity index (χ1v) is 12.0. The van der Waals surface area contributed by atoms with Crippen molar-refractivity contribution in [2.45, 2.75) is 0 Å². The molecule has 5 rings (SSSR count). The van der Waals surface area contributed by atoms with Crippen molar-refractivity contribution in [2.75, 3.05) is 32.8 Å². The molecule has 0 spiro atoms. The smallest absolute Gasteiger partial charge is 0.124 e. The van der Waals surface area contributed by atoms with Gasteiger partial charge in [0.05, 0.1) is 57.0 Å². The first-order chi connectivity index (χ1) is 18.6. The highest BCUT2D eigenvalue weighted by molar-refractivity contribution is 5.83. The van der Waals surface area contributed by atoms with Gasteiger partial charge in [-0.2, -0.15) is 5.10 Å². The van der Waals surface area contributed by atoms with E-state index in [4.69, 9.17) is 19.2 Å². The third-order valence-corrected chi connectivity index (χ3v) is 6.05. The Labute approximate surface area is 221 Å². The van der Waals surface area contributed by atoms with Gasteiger partial charge < -0.3 is 19.1 Å². The summed E-state index contributed by atoms with van der Waals surface area (Å²) < 4.78 is 18.1. The Balaban J connectivity index is 1.55. The minimum absolute atomic E-state index is 0.420. The standard InChI is InChI=1S/C30H27N5O3/c1-34-20-22(18-32-34)30-19-31-28-12-9-23(16-29(28)33-30)35(24-14-26(37-3)17-27(15-24)38-4)13-5-6-21-7-10-25(36-2)11-8-21/h7-12,14-20H,13H2,1-4H3. The number of fused-ring (bicyclic) bond motifs is 1. The summed E-state index contributed by atoms with van der Waals surface area (Å²) in [6.07, 6.45) is 5.47. The molecule has 190 valence electrons. The summed E-state index contributed by atoms with van der Waals surface area (Å²) in [5, 5.41) is 4.25. The van der Waals surface area contributed by atoms with E-state index in [9.17, 15) is 0 Å². The molecule has 0 aliphatic heterocycles. The minimum Gasteiger partial charge on any atom is -0.497 e. The summed E-state index contributed by atoms with van der Waals surface area (Å²) in [7, 11) is 6.80. The molecule has 0 saturated carbocycles. The van der Waals surface area contributed by atoms with Crippen molar-refractivity contribution in [1.82, 2.24) is 19.7 Å². The molecule has 0 bridgehead atoms. The predicted molar refractivity (Wildman–Crippen MR) is 148 cm³/mol. The number of anilines is 2. The molecule has 0 saturated heterocycles. The molecule has 0 unspecified atom stereocenters. The van der Waals surface area contributed by atoms with Crippen LogP contribution in [0.2, 0.25) is 0 Å². The second kappa shape index (κ2) is 10.9. The third kappa shape index (κ3) is 5.37. The van der Waals surface area contributed by atoms with Gasteiger partial charge in [-0.15, -0.1) is 0 Å². The normalized spacial score (nSPS) is 10.5. The average Bonchev–Trinajstić information content (AvgIpc) is 3.41. The van der Waals surface area contributed by atoms with Gasteiger partial charge >= 0.3 is 0 Å². The molecule has 2 heterocycles. The zero-order valence-electron chi connectivity index (χ0n) is 21.7. The lowest BCUT2D eigenvalue weighted by Gasteiger charge is -2.24. The van der Waals surface area contributed by atoms with E-state index in [2.05, 4.69) is 26.8 Å². The molecule has 0 atom stereocenters. The summed E-state index contributed by atoms with van der Waals surface area (Å²) in [6, 6.07) is 19.4. The van der Waals surface area contributed by atoms with Crippen LogP contribution in [0.1, 0.15) is 5.56 Å². The van der Waals surface area contributed by atoms with Crippen LogP contribution in [0.25, 0.3) is 22.3 Å². The van der Waals surface area contributed by atoms with E-state index in [0.29, 0.717) is 18.0 Å². The monoisotopic (exact) mass is 505 g/mol. The molecule has 8 nitrogen and oxygen atoms in total. The van der Waals surface area contributed by atoms with Crippen molar-refractivity contribution in [3.05, 3.63) is 84.8 Å². The Hall–Kier alpha value is -5.03. The number of aromatic nitrogens is 4. The van der Waals surface area contributed by atoms with Crippen LogP contribution in [0.15, 0.2) is 79.3 Å². The fourth-order valence-corrected chi connectivity index (χ4v) is 4.04. The van der Waals surface area contributed by atoms with Crippen molar-refractivity contribution in [2.24, 2.45) is 7.05 Å². The third-order valence-electron chi connectivity index (χ3n) is 6.05. The quantitative estimate of drug-likeness (QED) is 0.280. The number of benzene rings is 3. The van der Waals surface area contributed by atoms with E-state index in [0.717, 1.165) is 45.0 Å². The maximum absolute atomic E-state index is 5.53. The maximum atomic E-state index is 5.53. The Morgan fingerprint density at radius 2 is 1.53 bits per heavy atom. The zero-order chi connectivity index (χ0) is 26.5. The molecule has 0 fully saturated rings. The van der Waals surface area contributed by atoms with Gasteiger partial charge in [0.25, 0.3) is 0 Å². The van der Waals surface area contributed by atoms with E-state index in [1.54, 1.807) is 38.4 Å². The summed E-state index contributed by atoms with van der Waals surface area (Å²) in [5.74, 6) is 8.72. The van der Waals surface area contributed by atoms with Gasteiger partial charge in [-0.1, -0.05) is 11.8 Å². The number of methoxy groups -OCH3 is 3. The average molecular weight is 506 g/mol. The van der Waals surface area contributed by atoms with Crippen molar-refractivity contribution >= 4 is 22.4 Å². The number of ether oxygens (including phenoxy) is 3. The van der Waals surface area contributed by atoms with Gasteiger partial charge in [0.1, 0.15) is 17.2 Å². The van der Waals surface area contributed by atoms with E-state index >= 15 is 0 Å². The maximum Gasteiger partial charge on any atom is 0.124 e. The van der Waals surface area contributed by atoms with Crippen LogP contribution in [0.5, 0.6) is 17.2 Å². The van der Waals surface area contributed by atoms with E-state index < -0.39 is 0 Å². The van der Waals surface area contributed by atoms with Crippen LogP contribution < -0.4 is 19.1 Å². The molecule has 0 radical (unpaired) electrons. The highest BCUT2D eigenvalue weighted by atomic mass is 16.5. The van der Waals surface area contributed by atoms with Crippen LogP contribution in [0.4, 0.5) is 11.4 Å². The van der Waals surface area contributed by atoms with Gasteiger partial charge in [0.2, 0.25) is 0 Å². The number of hydrogen-bond donors (Lipinski definition) is 0. The molecule has 0 N–H and O–H groups in total. The highest BCUT2D eigenvalue weighted by Gasteiger charge is 2.14. The number of aryl methyl sites for hydroxylation is 1. The zero-order valence-corrected chi connectivity index (χ0v) is 21.7. The summed E-state index contributed by atoms with van der Waals surface area (Å²) in [5.41, 5.74) is 5.93. The molecule has 38 heavy (non-hydrogen) atoms. The van der Waals surface area contributed by atoms with Crippen molar-refractivity contribution in [3.8, 4) is 40.3 Å². The molecule has 0 amide bonds. The lowest BCUT2D eigenvalue weighted by molar-refractivity contribution is 0.394. The first kappa shape index (κ1) is 24.7. The van der Waals surface area contributed by atoms with Gasteiger partial charge in [-0.25, -0.2) is 4.98 Å². The van der Waals surface area contributed by atoms with Gasteiger partial charge in [-0.3, -0.25) is 9.67 Å². The first-order valence-electron chi connectivity index (χ1n) is 12.0. The predicted octanol–water partition coefficient (Wildman–Crippen LogP) is 5.25. The molecule has 0 aliphatic rings. The molecule has 8 heteroatoms. The largest absolute Gasteiger partial charge is 0.497 e. The molecular weight excluding hydrogens is 478 g/mol. The lowest BCUT2D eigenvalue weighted by Crippen LogP contribution is -2.17. The van der Waals surface area contributed by atoms with Crippen molar-refractivity contribution in [1.29, 1.82) is 0 Å². The Bertz CT molecular complexity index is 1610. The Morgan fingerprint density at radius 3 is 2.18 bits per heavy atom. The lowest BCUT2D eigenvalue weighted by atomic mass is 10.2. The van der Waals surface area contributed by atoms with E-state index in [-0.39, 0.29) is 0 Å². The molecular formula is C30H27N5O3. The number of hydrogen-bond acceptors (Lipinski definition) is 7. The van der Waals surface area contributed by atoms with Crippen LogP contribution in [-0.4, -0.2) is 47.6 Å². The van der Waals surface area contributed by atoms with Crippen LogP contribution >= 0.6 is 0 Å². The van der Waals surface area contributed by atoms with E-state index in [1.165, 1.54) is 0 Å². The van der Waals surface area contributed by atoms with Gasteiger partial charge in [0.15, 0.2) is 0 Å². The van der Waals surface area contributed by atoms with Gasteiger partial charge in [-0.05, 0) is 42.5 Å². The fraction of sp³-hybridized carbons (Fsp3) is 0.167. The number of rotatable bonds is 7. The second-order valence-corrected chi connectivity index (χ2v) is 8.52. The summed E-state index contributed by atoms with van der Waals surface area (Å²) >= 11 is 0. The molecule has 5 aromatic rings. The fourth-order valence-electron chi connectivity index (χ4n) is 4.04. The summed E-state index contributed by atoms with van der Waals surface area (Å²) in [4.78, 5) is 11.6. The SMILES string of the molecule is COc1ccc(C#CCN(c2cc(OC)cc(OC)c2)c2ccc3ncc(-c4cnn(C)c4)nc3c2)cc1. The number of nitrogens with zero attached hydrogens (tertiary/aromatic N) is 5.